The molecule has 1 aromatic carbocycles. The predicted molar refractivity (Wildman–Crippen MR) is 51.4 cm³/mol. The highest BCUT2D eigenvalue weighted by Crippen LogP contribution is 2.32. The Morgan fingerprint density at radius 1 is 1.57 bits per heavy atom. The highest BCUT2D eigenvalue weighted by Gasteiger charge is 2.25. The molecule has 3 nitrogen and oxygen atoms in total. The summed E-state index contributed by atoms with van der Waals surface area (Å²) >= 11 is 0. The Kier molecular flexibility index (Phi) is 2.21. The van der Waals surface area contributed by atoms with Gasteiger partial charge in [-0.2, -0.15) is 0 Å². The van der Waals surface area contributed by atoms with Crippen LogP contribution in [0.15, 0.2) is 18.2 Å². The molecule has 0 aliphatic carbocycles. The van der Waals surface area contributed by atoms with E-state index >= 15 is 0 Å². The molecular weight excluding hydrogens is 183 g/mol. The van der Waals surface area contributed by atoms with Gasteiger partial charge in [0.05, 0.1) is 5.69 Å². The number of amides is 1. The van der Waals surface area contributed by atoms with Gasteiger partial charge in [-0.15, -0.1) is 0 Å². The van der Waals surface area contributed by atoms with Crippen LogP contribution >= 0.6 is 0 Å². The summed E-state index contributed by atoms with van der Waals surface area (Å²) in [7, 11) is 0. The number of carbonyl (C=O) groups excluding carboxylic acids is 1. The van der Waals surface area contributed by atoms with E-state index in [-0.39, 0.29) is 11.8 Å². The van der Waals surface area contributed by atoms with E-state index in [9.17, 15) is 9.18 Å². The molecule has 4 heteroatoms. The minimum atomic E-state index is -0.394. The number of fused-ring (bicyclic) bond motifs is 1. The third kappa shape index (κ3) is 1.37. The average Bonchev–Trinajstić information content (AvgIpc) is 2.18. The number of anilines is 1. The van der Waals surface area contributed by atoms with Gasteiger partial charge in [0.1, 0.15) is 5.82 Å². The van der Waals surface area contributed by atoms with Crippen LogP contribution in [-0.4, -0.2) is 12.5 Å². The lowest BCUT2D eigenvalue weighted by Crippen LogP contribution is -2.27. The van der Waals surface area contributed by atoms with Crippen LogP contribution in [0.5, 0.6) is 0 Å². The highest BCUT2D eigenvalue weighted by atomic mass is 19.1. The second-order valence-electron chi connectivity index (χ2n) is 3.39. The molecule has 3 N–H and O–H groups in total. The lowest BCUT2D eigenvalue weighted by molar-refractivity contribution is -0.116. The van der Waals surface area contributed by atoms with E-state index in [1.165, 1.54) is 6.07 Å². The summed E-state index contributed by atoms with van der Waals surface area (Å²) in [6.45, 7) is 0.365. The quantitative estimate of drug-likeness (QED) is 0.706. The van der Waals surface area contributed by atoms with Crippen molar-refractivity contribution in [3.8, 4) is 0 Å². The van der Waals surface area contributed by atoms with Crippen molar-refractivity contribution in [2.45, 2.75) is 12.3 Å². The number of hydrogen-bond acceptors (Lipinski definition) is 2. The first-order chi connectivity index (χ1) is 6.72. The number of carbonyl (C=O) groups is 1. The van der Waals surface area contributed by atoms with Gasteiger partial charge in [0.25, 0.3) is 0 Å². The Morgan fingerprint density at radius 3 is 3.07 bits per heavy atom. The Hall–Kier alpha value is -1.42. The molecule has 1 heterocycles. The van der Waals surface area contributed by atoms with Gasteiger partial charge in [-0.3, -0.25) is 4.79 Å². The smallest absolute Gasteiger partial charge is 0.225 e. The molecule has 0 fully saturated rings. The number of rotatable bonds is 1. The van der Waals surface area contributed by atoms with E-state index in [0.717, 1.165) is 5.56 Å². The summed E-state index contributed by atoms with van der Waals surface area (Å²) in [6.07, 6.45) is 0.340. The van der Waals surface area contributed by atoms with Crippen molar-refractivity contribution in [3.63, 3.8) is 0 Å². The molecule has 0 aromatic heterocycles. The van der Waals surface area contributed by atoms with Crippen LogP contribution in [-0.2, 0) is 4.79 Å². The average molecular weight is 194 g/mol. The van der Waals surface area contributed by atoms with E-state index in [4.69, 9.17) is 5.73 Å². The molecule has 0 radical (unpaired) electrons. The van der Waals surface area contributed by atoms with Gasteiger partial charge in [-0.25, -0.2) is 4.39 Å². The Bertz CT molecular complexity index is 378. The van der Waals surface area contributed by atoms with Gasteiger partial charge in [-0.1, -0.05) is 12.1 Å². The molecule has 1 aromatic rings. The SMILES string of the molecule is NCC1CC(=O)Nc2c(F)cccc21. The molecule has 0 spiro atoms. The number of nitrogens with one attached hydrogen (secondary N) is 1. The first-order valence-corrected chi connectivity index (χ1v) is 4.50. The molecule has 74 valence electrons. The zero-order valence-corrected chi connectivity index (χ0v) is 7.59. The number of hydrogen-bond donors (Lipinski definition) is 2. The highest BCUT2D eigenvalue weighted by molar-refractivity contribution is 5.94. The number of para-hydroxylation sites is 1. The van der Waals surface area contributed by atoms with Crippen molar-refractivity contribution >= 4 is 11.6 Å². The molecule has 0 saturated heterocycles. The van der Waals surface area contributed by atoms with E-state index < -0.39 is 5.82 Å². The van der Waals surface area contributed by atoms with Gasteiger partial charge >= 0.3 is 0 Å². The summed E-state index contributed by atoms with van der Waals surface area (Å²) in [5.41, 5.74) is 6.62. The van der Waals surface area contributed by atoms with Gasteiger partial charge in [0, 0.05) is 12.3 Å². The van der Waals surface area contributed by atoms with Crippen LogP contribution < -0.4 is 11.1 Å². The van der Waals surface area contributed by atoms with Crippen LogP contribution in [0.2, 0.25) is 0 Å². The minimum absolute atomic E-state index is 0.0607. The van der Waals surface area contributed by atoms with Crippen molar-refractivity contribution in [3.05, 3.63) is 29.6 Å². The van der Waals surface area contributed by atoms with E-state index in [1.54, 1.807) is 12.1 Å². The predicted octanol–water partition coefficient (Wildman–Crippen LogP) is 1.21. The fourth-order valence-electron chi connectivity index (χ4n) is 1.75. The normalized spacial score (nSPS) is 20.1. The number of nitrogens with two attached hydrogens (primary N) is 1. The first-order valence-electron chi connectivity index (χ1n) is 4.50. The molecule has 1 aliphatic rings. The van der Waals surface area contributed by atoms with Crippen LogP contribution in [0.25, 0.3) is 0 Å². The minimum Gasteiger partial charge on any atom is -0.330 e. The lowest BCUT2D eigenvalue weighted by atomic mass is 9.90. The second kappa shape index (κ2) is 3.38. The van der Waals surface area contributed by atoms with Crippen molar-refractivity contribution in [1.29, 1.82) is 0 Å². The van der Waals surface area contributed by atoms with E-state index in [1.807, 2.05) is 0 Å². The zero-order chi connectivity index (χ0) is 10.1. The van der Waals surface area contributed by atoms with Crippen LogP contribution in [0.1, 0.15) is 17.9 Å². The van der Waals surface area contributed by atoms with Crippen LogP contribution in [0.3, 0.4) is 0 Å². The van der Waals surface area contributed by atoms with Crippen molar-refractivity contribution in [1.82, 2.24) is 0 Å². The molecule has 14 heavy (non-hydrogen) atoms. The summed E-state index contributed by atoms with van der Waals surface area (Å²) in [4.78, 5) is 11.2. The summed E-state index contributed by atoms with van der Waals surface area (Å²) in [6, 6.07) is 4.77. The summed E-state index contributed by atoms with van der Waals surface area (Å²) in [5.74, 6) is -0.624. The maximum atomic E-state index is 13.3. The number of halogens is 1. The Morgan fingerprint density at radius 2 is 2.36 bits per heavy atom. The molecule has 0 saturated carbocycles. The van der Waals surface area contributed by atoms with Gasteiger partial charge in [0.15, 0.2) is 0 Å². The van der Waals surface area contributed by atoms with Gasteiger partial charge < -0.3 is 11.1 Å². The Balaban J connectivity index is 2.50. The standard InChI is InChI=1S/C10H11FN2O/c11-8-3-1-2-7-6(5-12)4-9(14)13-10(7)8/h1-3,6H,4-5,12H2,(H,13,14). The maximum absolute atomic E-state index is 13.3. The third-order valence-corrected chi connectivity index (χ3v) is 2.47. The molecule has 1 amide bonds. The Labute approximate surface area is 81.1 Å². The second-order valence-corrected chi connectivity index (χ2v) is 3.39. The monoisotopic (exact) mass is 194 g/mol. The van der Waals surface area contributed by atoms with Crippen molar-refractivity contribution in [2.24, 2.45) is 5.73 Å². The molecule has 1 unspecified atom stereocenters. The van der Waals surface area contributed by atoms with Crippen molar-refractivity contribution in [2.75, 3.05) is 11.9 Å². The summed E-state index contributed by atoms with van der Waals surface area (Å²) in [5, 5.41) is 2.52. The van der Waals surface area contributed by atoms with E-state index in [0.29, 0.717) is 18.7 Å². The first kappa shape index (κ1) is 9.15. The third-order valence-electron chi connectivity index (χ3n) is 2.47. The lowest BCUT2D eigenvalue weighted by Gasteiger charge is -2.24. The fraction of sp³-hybridized carbons (Fsp3) is 0.300. The molecule has 2 rings (SSSR count). The molecule has 1 atom stereocenters. The molecule has 0 bridgehead atoms. The largest absolute Gasteiger partial charge is 0.330 e. The number of benzene rings is 1. The fourth-order valence-corrected chi connectivity index (χ4v) is 1.75. The van der Waals surface area contributed by atoms with Gasteiger partial charge in [-0.05, 0) is 18.2 Å². The van der Waals surface area contributed by atoms with Crippen molar-refractivity contribution < 1.29 is 9.18 Å². The van der Waals surface area contributed by atoms with Crippen LogP contribution in [0.4, 0.5) is 10.1 Å². The zero-order valence-electron chi connectivity index (χ0n) is 7.59. The molecular formula is C10H11FN2O. The van der Waals surface area contributed by atoms with Crippen LogP contribution in [0, 0.1) is 5.82 Å². The maximum Gasteiger partial charge on any atom is 0.225 e. The molecule has 1 aliphatic heterocycles. The van der Waals surface area contributed by atoms with Gasteiger partial charge in [0.2, 0.25) is 5.91 Å². The topological polar surface area (TPSA) is 55.1 Å². The summed E-state index contributed by atoms with van der Waals surface area (Å²) < 4.78 is 13.3. The van der Waals surface area contributed by atoms with E-state index in [2.05, 4.69) is 5.32 Å².